The lowest BCUT2D eigenvalue weighted by atomic mass is 9.97. The van der Waals surface area contributed by atoms with Crippen molar-refractivity contribution in [2.45, 2.75) is 13.0 Å². The molecule has 2 aromatic carbocycles. The molecular formula is C16H16ClNOS. The summed E-state index contributed by atoms with van der Waals surface area (Å²) in [5.74, 6) is 0. The van der Waals surface area contributed by atoms with E-state index in [4.69, 9.17) is 23.8 Å². The Labute approximate surface area is 129 Å². The second kappa shape index (κ2) is 6.84. The van der Waals surface area contributed by atoms with E-state index in [0.29, 0.717) is 10.0 Å². The van der Waals surface area contributed by atoms with Crippen LogP contribution >= 0.6 is 23.8 Å². The van der Waals surface area contributed by atoms with Gasteiger partial charge in [-0.15, -0.1) is 0 Å². The molecule has 0 saturated carbocycles. The van der Waals surface area contributed by atoms with Crippen LogP contribution in [0.1, 0.15) is 29.7 Å². The Morgan fingerprint density at radius 1 is 1.20 bits per heavy atom. The van der Waals surface area contributed by atoms with E-state index in [9.17, 15) is 5.11 Å². The van der Waals surface area contributed by atoms with E-state index < -0.39 is 6.10 Å². The minimum Gasteiger partial charge on any atom is -0.384 e. The number of hydrogen-bond donors (Lipinski definition) is 2. The first-order chi connectivity index (χ1) is 9.63. The Bertz CT molecular complexity index is 598. The van der Waals surface area contributed by atoms with Crippen molar-refractivity contribution in [2.75, 3.05) is 6.54 Å². The number of aliphatic hydroxyl groups excluding tert-OH is 1. The van der Waals surface area contributed by atoms with Gasteiger partial charge in [-0.25, -0.2) is 0 Å². The van der Waals surface area contributed by atoms with Crippen molar-refractivity contribution in [3.8, 4) is 0 Å². The summed E-state index contributed by atoms with van der Waals surface area (Å²) in [6.45, 7) is 2.74. The molecule has 1 unspecified atom stereocenters. The van der Waals surface area contributed by atoms with Gasteiger partial charge in [-0.2, -0.15) is 0 Å². The molecule has 0 bridgehead atoms. The fraction of sp³-hybridized carbons (Fsp3) is 0.188. The number of nitrogens with one attached hydrogen (secondary N) is 1. The van der Waals surface area contributed by atoms with Crippen molar-refractivity contribution >= 4 is 28.8 Å². The average molecular weight is 306 g/mol. The first kappa shape index (κ1) is 15.0. The minimum absolute atomic E-state index is 0.649. The van der Waals surface area contributed by atoms with E-state index in [0.717, 1.165) is 23.2 Å². The van der Waals surface area contributed by atoms with Gasteiger partial charge in [0.2, 0.25) is 0 Å². The third-order valence-electron chi connectivity index (χ3n) is 3.02. The van der Waals surface area contributed by atoms with Crippen LogP contribution in [0.2, 0.25) is 5.02 Å². The van der Waals surface area contributed by atoms with E-state index in [-0.39, 0.29) is 0 Å². The highest BCUT2D eigenvalue weighted by atomic mass is 35.5. The van der Waals surface area contributed by atoms with Crippen LogP contribution in [0.3, 0.4) is 0 Å². The highest BCUT2D eigenvalue weighted by Gasteiger charge is 2.16. The van der Waals surface area contributed by atoms with Crippen molar-refractivity contribution in [1.82, 2.24) is 5.32 Å². The van der Waals surface area contributed by atoms with Gasteiger partial charge in [0, 0.05) is 17.1 Å². The zero-order chi connectivity index (χ0) is 14.5. The summed E-state index contributed by atoms with van der Waals surface area (Å²) in [5, 5.41) is 14.3. The maximum Gasteiger partial charge on any atom is 0.106 e. The molecule has 0 spiro atoms. The van der Waals surface area contributed by atoms with Crippen molar-refractivity contribution in [2.24, 2.45) is 0 Å². The fourth-order valence-electron chi connectivity index (χ4n) is 2.02. The maximum absolute atomic E-state index is 10.6. The lowest BCUT2D eigenvalue weighted by molar-refractivity contribution is 0.220. The van der Waals surface area contributed by atoms with Crippen molar-refractivity contribution in [1.29, 1.82) is 0 Å². The van der Waals surface area contributed by atoms with E-state index in [1.54, 1.807) is 12.1 Å². The Morgan fingerprint density at radius 2 is 1.85 bits per heavy atom. The molecule has 0 saturated heterocycles. The summed E-state index contributed by atoms with van der Waals surface area (Å²) in [5.41, 5.74) is 2.44. The zero-order valence-corrected chi connectivity index (χ0v) is 12.7. The number of benzene rings is 2. The zero-order valence-electron chi connectivity index (χ0n) is 11.1. The van der Waals surface area contributed by atoms with E-state index in [1.165, 1.54) is 0 Å². The molecule has 0 heterocycles. The summed E-state index contributed by atoms with van der Waals surface area (Å²) in [4.78, 5) is 0.649. The Kier molecular flexibility index (Phi) is 5.12. The van der Waals surface area contributed by atoms with Gasteiger partial charge in [0.1, 0.15) is 11.1 Å². The van der Waals surface area contributed by atoms with Gasteiger partial charge < -0.3 is 10.4 Å². The third-order valence-corrected chi connectivity index (χ3v) is 3.64. The van der Waals surface area contributed by atoms with Gasteiger partial charge in [-0.05, 0) is 30.2 Å². The second-order valence-corrected chi connectivity index (χ2v) is 5.25. The first-order valence-electron chi connectivity index (χ1n) is 6.44. The molecule has 0 aromatic heterocycles. The second-order valence-electron chi connectivity index (χ2n) is 4.40. The lowest BCUT2D eigenvalue weighted by Gasteiger charge is -2.17. The molecule has 2 nitrogen and oxygen atoms in total. The monoisotopic (exact) mass is 305 g/mol. The van der Waals surface area contributed by atoms with Gasteiger partial charge in [0.05, 0.1) is 0 Å². The molecule has 104 valence electrons. The number of thiocarbonyl (C=S) groups is 1. The maximum atomic E-state index is 10.6. The molecule has 0 radical (unpaired) electrons. The van der Waals surface area contributed by atoms with E-state index >= 15 is 0 Å². The van der Waals surface area contributed by atoms with Crippen LogP contribution in [0.4, 0.5) is 0 Å². The largest absolute Gasteiger partial charge is 0.384 e. The molecule has 0 amide bonds. The van der Waals surface area contributed by atoms with Gasteiger partial charge in [-0.3, -0.25) is 0 Å². The molecule has 20 heavy (non-hydrogen) atoms. The van der Waals surface area contributed by atoms with E-state index in [2.05, 4.69) is 5.32 Å². The molecule has 1 atom stereocenters. The van der Waals surface area contributed by atoms with Gasteiger partial charge in [-0.1, -0.05) is 60.2 Å². The third kappa shape index (κ3) is 3.37. The minimum atomic E-state index is -0.722. The summed E-state index contributed by atoms with van der Waals surface area (Å²) in [7, 11) is 0. The van der Waals surface area contributed by atoms with Crippen LogP contribution < -0.4 is 5.32 Å². The predicted octanol–water partition coefficient (Wildman–Crippen LogP) is 3.71. The van der Waals surface area contributed by atoms with Crippen LogP contribution in [-0.2, 0) is 0 Å². The number of aliphatic hydroxyl groups is 1. The van der Waals surface area contributed by atoms with Crippen LogP contribution in [0, 0.1) is 0 Å². The number of halogens is 1. The Balaban J connectivity index is 2.36. The van der Waals surface area contributed by atoms with Crippen LogP contribution in [-0.4, -0.2) is 16.6 Å². The molecule has 2 aromatic rings. The molecule has 0 aliphatic rings. The standard InChI is InChI=1S/C16H16ClNOS/c1-2-18-16(20)14-6-4-3-5-13(14)15(19)11-7-9-12(17)10-8-11/h3-10,15,19H,2H2,1H3,(H,18,20). The molecule has 0 aliphatic heterocycles. The van der Waals surface area contributed by atoms with Crippen molar-refractivity contribution in [3.63, 3.8) is 0 Å². The Hall–Kier alpha value is -1.42. The van der Waals surface area contributed by atoms with Crippen LogP contribution in [0.15, 0.2) is 48.5 Å². The highest BCUT2D eigenvalue weighted by molar-refractivity contribution is 7.80. The summed E-state index contributed by atoms with van der Waals surface area (Å²) in [6.07, 6.45) is -0.722. The smallest absolute Gasteiger partial charge is 0.106 e. The van der Waals surface area contributed by atoms with Gasteiger partial charge in [0.25, 0.3) is 0 Å². The molecule has 0 aliphatic carbocycles. The van der Waals surface area contributed by atoms with Crippen LogP contribution in [0.25, 0.3) is 0 Å². The van der Waals surface area contributed by atoms with Crippen molar-refractivity contribution < 1.29 is 5.11 Å². The number of hydrogen-bond acceptors (Lipinski definition) is 2. The summed E-state index contributed by atoms with van der Waals surface area (Å²) in [6, 6.07) is 14.8. The molecular weight excluding hydrogens is 290 g/mol. The SMILES string of the molecule is CCNC(=S)c1ccccc1C(O)c1ccc(Cl)cc1. The van der Waals surface area contributed by atoms with E-state index in [1.807, 2.05) is 43.3 Å². The summed E-state index contributed by atoms with van der Waals surface area (Å²) >= 11 is 11.2. The first-order valence-corrected chi connectivity index (χ1v) is 7.22. The van der Waals surface area contributed by atoms with Gasteiger partial charge in [0.15, 0.2) is 0 Å². The quantitative estimate of drug-likeness (QED) is 0.845. The van der Waals surface area contributed by atoms with Crippen molar-refractivity contribution in [3.05, 3.63) is 70.2 Å². The summed E-state index contributed by atoms with van der Waals surface area (Å²) < 4.78 is 0. The molecule has 0 fully saturated rings. The average Bonchev–Trinajstić information content (AvgIpc) is 2.47. The molecule has 4 heteroatoms. The lowest BCUT2D eigenvalue weighted by Crippen LogP contribution is -2.23. The van der Waals surface area contributed by atoms with Crippen LogP contribution in [0.5, 0.6) is 0 Å². The molecule has 2 N–H and O–H groups in total. The van der Waals surface area contributed by atoms with Gasteiger partial charge >= 0.3 is 0 Å². The topological polar surface area (TPSA) is 32.3 Å². The highest BCUT2D eigenvalue weighted by Crippen LogP contribution is 2.26. The fourth-order valence-corrected chi connectivity index (χ4v) is 2.48. The normalized spacial score (nSPS) is 11.9. The number of rotatable bonds is 4. The molecule has 2 rings (SSSR count). The predicted molar refractivity (Wildman–Crippen MR) is 87.3 cm³/mol. The Morgan fingerprint density at radius 3 is 2.50 bits per heavy atom.